The zero-order valence-electron chi connectivity index (χ0n) is 12.8. The molecule has 0 bridgehead atoms. The number of nitrogens with one attached hydrogen (secondary N) is 2. The molecule has 0 amide bonds. The van der Waals surface area contributed by atoms with Gasteiger partial charge in [0, 0.05) is 11.2 Å². The lowest BCUT2D eigenvalue weighted by molar-refractivity contribution is 0.417. The van der Waals surface area contributed by atoms with Gasteiger partial charge in [-0.25, -0.2) is 15.0 Å². The molecule has 0 radical (unpaired) electrons. The molecule has 0 fully saturated rings. The Balaban J connectivity index is 1.90. The van der Waals surface area contributed by atoms with E-state index in [4.69, 9.17) is 22.1 Å². The molecule has 1 aromatic carbocycles. The molecule has 122 valence electrons. The highest BCUT2D eigenvalue weighted by atomic mass is 35.5. The largest absolute Gasteiger partial charge is 0.495 e. The van der Waals surface area contributed by atoms with E-state index in [0.29, 0.717) is 39.6 Å². The van der Waals surface area contributed by atoms with Crippen molar-refractivity contribution in [1.29, 1.82) is 0 Å². The number of hydrogen-bond acceptors (Lipinski definition) is 7. The van der Waals surface area contributed by atoms with Crippen LogP contribution >= 0.6 is 11.6 Å². The Labute approximate surface area is 143 Å². The van der Waals surface area contributed by atoms with E-state index >= 15 is 0 Å². The van der Waals surface area contributed by atoms with E-state index in [-0.39, 0.29) is 0 Å². The van der Waals surface area contributed by atoms with E-state index in [1.54, 1.807) is 31.5 Å². The van der Waals surface area contributed by atoms with Crippen LogP contribution in [0.25, 0.3) is 0 Å². The lowest BCUT2D eigenvalue weighted by atomic mass is 10.3. The van der Waals surface area contributed by atoms with Crippen LogP contribution in [0, 0.1) is 0 Å². The van der Waals surface area contributed by atoms with Crippen molar-refractivity contribution in [2.45, 2.75) is 0 Å². The quantitative estimate of drug-likeness (QED) is 0.651. The molecule has 3 rings (SSSR count). The lowest BCUT2D eigenvalue weighted by Crippen LogP contribution is -2.06. The summed E-state index contributed by atoms with van der Waals surface area (Å²) in [4.78, 5) is 12.5. The van der Waals surface area contributed by atoms with Gasteiger partial charge in [-0.2, -0.15) is 0 Å². The SMILES string of the molecule is COc1ccc(Cl)cc1Nc1ncnc(Nc2ccccn2)c1N. The summed E-state index contributed by atoms with van der Waals surface area (Å²) in [6.45, 7) is 0. The summed E-state index contributed by atoms with van der Waals surface area (Å²) in [5, 5.41) is 6.73. The number of rotatable bonds is 5. The van der Waals surface area contributed by atoms with Crippen molar-refractivity contribution in [3.63, 3.8) is 0 Å². The molecule has 0 aliphatic rings. The van der Waals surface area contributed by atoms with Gasteiger partial charge in [0.1, 0.15) is 23.6 Å². The number of pyridine rings is 1. The number of nitrogens with zero attached hydrogens (tertiary/aromatic N) is 3. The first-order chi connectivity index (χ1) is 11.7. The molecule has 3 aromatic rings. The maximum atomic E-state index is 6.16. The smallest absolute Gasteiger partial charge is 0.160 e. The first-order valence-corrected chi connectivity index (χ1v) is 7.44. The normalized spacial score (nSPS) is 10.2. The second-order valence-electron chi connectivity index (χ2n) is 4.79. The average Bonchev–Trinajstić information content (AvgIpc) is 2.60. The van der Waals surface area contributed by atoms with Crippen molar-refractivity contribution >= 4 is 40.4 Å². The second-order valence-corrected chi connectivity index (χ2v) is 5.23. The van der Waals surface area contributed by atoms with Gasteiger partial charge in [-0.3, -0.25) is 0 Å². The molecule has 7 nitrogen and oxygen atoms in total. The van der Waals surface area contributed by atoms with Gasteiger partial charge in [0.15, 0.2) is 11.6 Å². The fraction of sp³-hybridized carbons (Fsp3) is 0.0625. The maximum Gasteiger partial charge on any atom is 0.160 e. The molecule has 2 heterocycles. The minimum atomic E-state index is 0.352. The number of hydrogen-bond donors (Lipinski definition) is 3. The van der Waals surface area contributed by atoms with Gasteiger partial charge in [0.25, 0.3) is 0 Å². The van der Waals surface area contributed by atoms with E-state index in [1.165, 1.54) is 6.33 Å². The van der Waals surface area contributed by atoms with Gasteiger partial charge in [-0.05, 0) is 30.3 Å². The molecule has 0 spiro atoms. The molecule has 0 aliphatic heterocycles. The van der Waals surface area contributed by atoms with E-state index in [1.807, 2.05) is 18.2 Å². The highest BCUT2D eigenvalue weighted by molar-refractivity contribution is 6.31. The molecular weight excluding hydrogens is 328 g/mol. The van der Waals surface area contributed by atoms with E-state index < -0.39 is 0 Å². The fourth-order valence-corrected chi connectivity index (χ4v) is 2.23. The minimum Gasteiger partial charge on any atom is -0.495 e. The van der Waals surface area contributed by atoms with Crippen LogP contribution < -0.4 is 21.1 Å². The van der Waals surface area contributed by atoms with Crippen molar-refractivity contribution in [3.05, 3.63) is 53.9 Å². The van der Waals surface area contributed by atoms with Crippen LogP contribution in [0.1, 0.15) is 0 Å². The van der Waals surface area contributed by atoms with E-state index in [0.717, 1.165) is 0 Å². The first-order valence-electron chi connectivity index (χ1n) is 7.06. The Hall–Kier alpha value is -3.06. The third-order valence-electron chi connectivity index (χ3n) is 3.21. The predicted molar refractivity (Wildman–Crippen MR) is 95.3 cm³/mol. The van der Waals surface area contributed by atoms with Gasteiger partial charge in [-0.1, -0.05) is 17.7 Å². The third kappa shape index (κ3) is 3.47. The Morgan fingerprint density at radius 3 is 2.54 bits per heavy atom. The molecule has 2 aromatic heterocycles. The molecule has 0 atom stereocenters. The molecule has 0 unspecified atom stereocenters. The first kappa shape index (κ1) is 15.8. The van der Waals surface area contributed by atoms with Crippen LogP contribution in [0.2, 0.25) is 5.02 Å². The number of halogens is 1. The number of nitrogens with two attached hydrogens (primary N) is 1. The molecule has 24 heavy (non-hydrogen) atoms. The molecule has 8 heteroatoms. The summed E-state index contributed by atoms with van der Waals surface area (Å²) in [6.07, 6.45) is 3.08. The third-order valence-corrected chi connectivity index (χ3v) is 3.44. The summed E-state index contributed by atoms with van der Waals surface area (Å²) in [6, 6.07) is 10.7. The number of benzene rings is 1. The van der Waals surface area contributed by atoms with Crippen molar-refractivity contribution in [2.24, 2.45) is 0 Å². The van der Waals surface area contributed by atoms with Gasteiger partial charge in [-0.15, -0.1) is 0 Å². The van der Waals surface area contributed by atoms with Crippen LogP contribution in [-0.2, 0) is 0 Å². The highest BCUT2D eigenvalue weighted by Gasteiger charge is 2.11. The number of aromatic nitrogens is 3. The maximum absolute atomic E-state index is 6.16. The van der Waals surface area contributed by atoms with Crippen LogP contribution in [-0.4, -0.2) is 22.1 Å². The summed E-state index contributed by atoms with van der Waals surface area (Å²) in [7, 11) is 1.58. The van der Waals surface area contributed by atoms with Crippen molar-refractivity contribution < 1.29 is 4.74 Å². The molecule has 4 N–H and O–H groups in total. The second kappa shape index (κ2) is 7.01. The monoisotopic (exact) mass is 342 g/mol. The van der Waals surface area contributed by atoms with Crippen LogP contribution in [0.15, 0.2) is 48.9 Å². The van der Waals surface area contributed by atoms with Gasteiger partial charge in [0.2, 0.25) is 0 Å². The number of ether oxygens (including phenoxy) is 1. The molecular formula is C16H15ClN6O. The Bertz CT molecular complexity index is 843. The van der Waals surface area contributed by atoms with Crippen LogP contribution in [0.5, 0.6) is 5.75 Å². The topological polar surface area (TPSA) is 98.0 Å². The van der Waals surface area contributed by atoms with Crippen LogP contribution in [0.4, 0.5) is 28.8 Å². The summed E-state index contributed by atoms with van der Waals surface area (Å²) < 4.78 is 5.31. The Kier molecular flexibility index (Phi) is 4.62. The molecule has 0 saturated carbocycles. The van der Waals surface area contributed by atoms with Crippen molar-refractivity contribution in [1.82, 2.24) is 15.0 Å². The van der Waals surface area contributed by atoms with Gasteiger partial charge in [0.05, 0.1) is 12.8 Å². The lowest BCUT2D eigenvalue weighted by Gasteiger charge is -2.14. The molecule has 0 aliphatic carbocycles. The summed E-state index contributed by atoms with van der Waals surface area (Å²) >= 11 is 6.04. The highest BCUT2D eigenvalue weighted by Crippen LogP contribution is 2.33. The molecule has 0 saturated heterocycles. The zero-order valence-corrected chi connectivity index (χ0v) is 13.6. The van der Waals surface area contributed by atoms with Gasteiger partial charge < -0.3 is 21.1 Å². The van der Waals surface area contributed by atoms with E-state index in [2.05, 4.69) is 25.6 Å². The summed E-state index contributed by atoms with van der Waals surface area (Å²) in [5.41, 5.74) is 7.16. The van der Waals surface area contributed by atoms with Gasteiger partial charge >= 0.3 is 0 Å². The zero-order chi connectivity index (χ0) is 16.9. The average molecular weight is 343 g/mol. The summed E-state index contributed by atoms with van der Waals surface area (Å²) in [5.74, 6) is 2.14. The predicted octanol–water partition coefficient (Wildman–Crippen LogP) is 3.60. The number of anilines is 5. The Morgan fingerprint density at radius 1 is 1.04 bits per heavy atom. The van der Waals surface area contributed by atoms with E-state index in [9.17, 15) is 0 Å². The van der Waals surface area contributed by atoms with Crippen molar-refractivity contribution in [3.8, 4) is 5.75 Å². The fourth-order valence-electron chi connectivity index (χ4n) is 2.06. The number of methoxy groups -OCH3 is 1. The Morgan fingerprint density at radius 2 is 1.83 bits per heavy atom. The number of nitrogen functional groups attached to an aromatic ring is 1. The van der Waals surface area contributed by atoms with Crippen LogP contribution in [0.3, 0.4) is 0 Å². The minimum absolute atomic E-state index is 0.352. The standard InChI is InChI=1S/C16H15ClN6O/c1-24-12-6-5-10(17)8-11(12)22-15-14(18)16(21-9-20-15)23-13-4-2-3-7-19-13/h2-9H,18H2,1H3,(H2,19,20,21,22,23). The van der Waals surface area contributed by atoms with Crippen molar-refractivity contribution in [2.75, 3.05) is 23.5 Å².